The summed E-state index contributed by atoms with van der Waals surface area (Å²) in [5, 5.41) is 1.20. The minimum Gasteiger partial charge on any atom is -0.496 e. The third-order valence-electron chi connectivity index (χ3n) is 5.48. The SMILES string of the molecule is COc1ccccc1-c1cccc(-c2cc(C(C)(C)C)cc(C(C)(C)C)c2)c1P. The Labute approximate surface area is 178 Å². The molecule has 2 heteroatoms. The van der Waals surface area contributed by atoms with Gasteiger partial charge in [-0.25, -0.2) is 0 Å². The molecule has 3 rings (SSSR count). The highest BCUT2D eigenvalue weighted by molar-refractivity contribution is 7.28. The van der Waals surface area contributed by atoms with E-state index in [-0.39, 0.29) is 10.8 Å². The lowest BCUT2D eigenvalue weighted by molar-refractivity contribution is 0.416. The van der Waals surface area contributed by atoms with Gasteiger partial charge in [-0.15, -0.1) is 9.24 Å². The van der Waals surface area contributed by atoms with Crippen LogP contribution in [0.5, 0.6) is 5.75 Å². The third-order valence-corrected chi connectivity index (χ3v) is 6.10. The van der Waals surface area contributed by atoms with Crippen molar-refractivity contribution in [2.45, 2.75) is 52.4 Å². The molecule has 0 aliphatic rings. The molecule has 0 aromatic heterocycles. The molecule has 152 valence electrons. The molecule has 0 spiro atoms. The average Bonchev–Trinajstić information content (AvgIpc) is 2.66. The highest BCUT2D eigenvalue weighted by Crippen LogP contribution is 2.36. The molecule has 3 aromatic rings. The molecule has 3 aromatic carbocycles. The molecule has 0 fully saturated rings. The summed E-state index contributed by atoms with van der Waals surface area (Å²) in [5.41, 5.74) is 7.74. The number of hydrogen-bond donors (Lipinski definition) is 0. The van der Waals surface area contributed by atoms with Crippen LogP contribution in [0.4, 0.5) is 0 Å². The average molecular weight is 405 g/mol. The first kappa shape index (κ1) is 21.6. The lowest BCUT2D eigenvalue weighted by Crippen LogP contribution is -2.17. The fraction of sp³-hybridized carbons (Fsp3) is 0.333. The van der Waals surface area contributed by atoms with Crippen molar-refractivity contribution < 1.29 is 4.74 Å². The van der Waals surface area contributed by atoms with E-state index in [2.05, 4.69) is 99.3 Å². The third kappa shape index (κ3) is 4.57. The molecular formula is C27H33OP. The molecule has 0 saturated carbocycles. The van der Waals surface area contributed by atoms with E-state index in [1.54, 1.807) is 7.11 Å². The topological polar surface area (TPSA) is 9.23 Å². The van der Waals surface area contributed by atoms with Crippen molar-refractivity contribution >= 4 is 14.5 Å². The van der Waals surface area contributed by atoms with Crippen molar-refractivity contribution in [1.29, 1.82) is 0 Å². The number of methoxy groups -OCH3 is 1. The van der Waals surface area contributed by atoms with Gasteiger partial charge in [0.2, 0.25) is 0 Å². The predicted molar refractivity (Wildman–Crippen MR) is 131 cm³/mol. The minimum absolute atomic E-state index is 0.0946. The first-order valence-corrected chi connectivity index (χ1v) is 10.8. The number of para-hydroxylation sites is 1. The first-order chi connectivity index (χ1) is 13.5. The summed E-state index contributed by atoms with van der Waals surface area (Å²) in [6.07, 6.45) is 0. The van der Waals surface area contributed by atoms with Crippen LogP contribution in [-0.4, -0.2) is 7.11 Å². The maximum atomic E-state index is 5.62. The molecule has 29 heavy (non-hydrogen) atoms. The van der Waals surface area contributed by atoms with Gasteiger partial charge in [-0.2, -0.15) is 0 Å². The van der Waals surface area contributed by atoms with E-state index >= 15 is 0 Å². The van der Waals surface area contributed by atoms with Crippen molar-refractivity contribution in [1.82, 2.24) is 0 Å². The van der Waals surface area contributed by atoms with Crippen LogP contribution < -0.4 is 10.0 Å². The van der Waals surface area contributed by atoms with Gasteiger partial charge in [0, 0.05) is 5.56 Å². The summed E-state index contributed by atoms with van der Waals surface area (Å²) in [6.45, 7) is 13.7. The zero-order chi connectivity index (χ0) is 21.4. The van der Waals surface area contributed by atoms with Crippen molar-refractivity contribution in [3.05, 3.63) is 71.8 Å². The van der Waals surface area contributed by atoms with Crippen LogP contribution >= 0.6 is 9.24 Å². The first-order valence-electron chi connectivity index (χ1n) is 10.2. The van der Waals surface area contributed by atoms with Gasteiger partial charge in [0.05, 0.1) is 7.11 Å². The Morgan fingerprint density at radius 3 is 1.72 bits per heavy atom. The van der Waals surface area contributed by atoms with Crippen LogP contribution in [0.3, 0.4) is 0 Å². The summed E-state index contributed by atoms with van der Waals surface area (Å²) in [7, 11) is 4.70. The van der Waals surface area contributed by atoms with E-state index in [9.17, 15) is 0 Å². The summed E-state index contributed by atoms with van der Waals surface area (Å²) < 4.78 is 5.62. The molecule has 1 unspecified atom stereocenters. The van der Waals surface area contributed by atoms with Crippen LogP contribution in [-0.2, 0) is 10.8 Å². The van der Waals surface area contributed by atoms with Crippen molar-refractivity contribution in [2.24, 2.45) is 0 Å². The van der Waals surface area contributed by atoms with Gasteiger partial charge in [0.15, 0.2) is 0 Å². The van der Waals surface area contributed by atoms with Crippen molar-refractivity contribution in [2.75, 3.05) is 7.11 Å². The summed E-state index contributed by atoms with van der Waals surface area (Å²) >= 11 is 0. The molecule has 0 saturated heterocycles. The van der Waals surface area contributed by atoms with E-state index in [1.165, 1.54) is 33.1 Å². The maximum Gasteiger partial charge on any atom is 0.126 e. The van der Waals surface area contributed by atoms with Crippen LogP contribution in [0.25, 0.3) is 22.3 Å². The van der Waals surface area contributed by atoms with E-state index in [0.717, 1.165) is 11.3 Å². The Bertz CT molecular complexity index is 987. The Kier molecular flexibility index (Phi) is 5.93. The minimum atomic E-state index is 0.0946. The van der Waals surface area contributed by atoms with Gasteiger partial charge < -0.3 is 4.74 Å². The molecule has 0 radical (unpaired) electrons. The fourth-order valence-corrected chi connectivity index (χ4v) is 4.08. The summed E-state index contributed by atoms with van der Waals surface area (Å²) in [6, 6.07) is 21.8. The largest absolute Gasteiger partial charge is 0.496 e. The van der Waals surface area contributed by atoms with Gasteiger partial charge in [-0.3, -0.25) is 0 Å². The summed E-state index contributed by atoms with van der Waals surface area (Å²) in [4.78, 5) is 0. The molecule has 0 aliphatic heterocycles. The van der Waals surface area contributed by atoms with Gasteiger partial charge >= 0.3 is 0 Å². The molecule has 0 N–H and O–H groups in total. The predicted octanol–water partition coefficient (Wildman–Crippen LogP) is 7.12. The molecule has 0 amide bonds. The van der Waals surface area contributed by atoms with Gasteiger partial charge in [-0.1, -0.05) is 96.1 Å². The Morgan fingerprint density at radius 2 is 1.17 bits per heavy atom. The maximum absolute atomic E-state index is 5.62. The van der Waals surface area contributed by atoms with Crippen LogP contribution in [0, 0.1) is 0 Å². The number of hydrogen-bond acceptors (Lipinski definition) is 1. The molecule has 1 nitrogen and oxygen atoms in total. The lowest BCUT2D eigenvalue weighted by atomic mass is 9.79. The van der Waals surface area contributed by atoms with E-state index in [1.807, 2.05) is 12.1 Å². The smallest absolute Gasteiger partial charge is 0.126 e. The highest BCUT2D eigenvalue weighted by atomic mass is 31.0. The monoisotopic (exact) mass is 404 g/mol. The fourth-order valence-electron chi connectivity index (χ4n) is 3.57. The molecule has 0 bridgehead atoms. The summed E-state index contributed by atoms with van der Waals surface area (Å²) in [5.74, 6) is 0.896. The normalized spacial score (nSPS) is 12.1. The van der Waals surface area contributed by atoms with Gasteiger partial charge in [0.25, 0.3) is 0 Å². The Balaban J connectivity index is 2.24. The van der Waals surface area contributed by atoms with Crippen LogP contribution in [0.2, 0.25) is 0 Å². The van der Waals surface area contributed by atoms with E-state index in [4.69, 9.17) is 4.74 Å². The Morgan fingerprint density at radius 1 is 0.655 bits per heavy atom. The van der Waals surface area contributed by atoms with Crippen molar-refractivity contribution in [3.8, 4) is 28.0 Å². The second-order valence-corrected chi connectivity index (χ2v) is 10.3. The quantitative estimate of drug-likeness (QED) is 0.422. The van der Waals surface area contributed by atoms with Gasteiger partial charge in [-0.05, 0) is 50.0 Å². The lowest BCUT2D eigenvalue weighted by Gasteiger charge is -2.27. The molecule has 0 heterocycles. The van der Waals surface area contributed by atoms with Crippen molar-refractivity contribution in [3.63, 3.8) is 0 Å². The molecule has 1 atom stereocenters. The number of ether oxygens (including phenoxy) is 1. The van der Waals surface area contributed by atoms with E-state index < -0.39 is 0 Å². The second kappa shape index (κ2) is 7.96. The van der Waals surface area contributed by atoms with E-state index in [0.29, 0.717) is 0 Å². The Hall–Kier alpha value is -2.11. The number of rotatable bonds is 3. The standard InChI is InChI=1S/C27H33OP/c1-26(2,3)19-15-18(16-20(17-19)27(4,5)6)21-12-10-13-23(25(21)29)22-11-8-9-14-24(22)28-7/h8-17H,29H2,1-7H3. The second-order valence-electron chi connectivity index (χ2n) is 9.77. The number of benzene rings is 3. The molecular weight excluding hydrogens is 371 g/mol. The highest BCUT2D eigenvalue weighted by Gasteiger charge is 2.22. The van der Waals surface area contributed by atoms with Crippen LogP contribution in [0.1, 0.15) is 52.7 Å². The zero-order valence-electron chi connectivity index (χ0n) is 18.8. The molecule has 0 aliphatic carbocycles. The van der Waals surface area contributed by atoms with Gasteiger partial charge in [0.1, 0.15) is 5.75 Å². The zero-order valence-corrected chi connectivity index (χ0v) is 19.9. The van der Waals surface area contributed by atoms with Crippen LogP contribution in [0.15, 0.2) is 60.7 Å².